The SMILES string of the molecule is COc1ccccc1C1c2c(C)nn(-c3ccccc3)c2Oc2ncn3nc(-c4cccnc4)nc3c21. The standard InChI is InChI=1S/C28H21N7O2/c1-17-22-23(20-12-6-7-13-21(20)36-2)24-26-31-25(18-9-8-14-29-15-18)33-34(26)16-30-27(24)37-28(22)35(32-17)19-10-4-3-5-11-19/h3-16,23H,1-2H3. The van der Waals surface area contributed by atoms with Gasteiger partial charge in [-0.25, -0.2) is 19.2 Å². The maximum absolute atomic E-state index is 6.49. The van der Waals surface area contributed by atoms with Crippen molar-refractivity contribution < 1.29 is 9.47 Å². The minimum absolute atomic E-state index is 0.297. The Hall–Kier alpha value is -5.05. The van der Waals surface area contributed by atoms with Crippen molar-refractivity contribution in [2.24, 2.45) is 0 Å². The van der Waals surface area contributed by atoms with Crippen LogP contribution in [0.1, 0.15) is 28.3 Å². The minimum Gasteiger partial charge on any atom is -0.496 e. The van der Waals surface area contributed by atoms with Crippen LogP contribution in [0.5, 0.6) is 17.5 Å². The lowest BCUT2D eigenvalue weighted by molar-refractivity contribution is 0.393. The molecule has 1 unspecified atom stereocenters. The second kappa shape index (κ2) is 8.27. The summed E-state index contributed by atoms with van der Waals surface area (Å²) < 4.78 is 15.8. The highest BCUT2D eigenvalue weighted by Gasteiger charge is 2.39. The van der Waals surface area contributed by atoms with Crippen molar-refractivity contribution in [3.05, 3.63) is 108 Å². The fourth-order valence-corrected chi connectivity index (χ4v) is 4.96. The third-order valence-corrected chi connectivity index (χ3v) is 6.59. The quantitative estimate of drug-likeness (QED) is 0.346. The Balaban J connectivity index is 1.52. The monoisotopic (exact) mass is 487 g/mol. The molecule has 4 aromatic heterocycles. The zero-order valence-electron chi connectivity index (χ0n) is 20.1. The number of ether oxygens (including phenoxy) is 2. The summed E-state index contributed by atoms with van der Waals surface area (Å²) in [5.41, 5.74) is 5.91. The van der Waals surface area contributed by atoms with E-state index in [1.807, 2.05) is 72.3 Å². The molecule has 0 saturated carbocycles. The maximum Gasteiger partial charge on any atom is 0.230 e. The van der Waals surface area contributed by atoms with Crippen LogP contribution in [-0.4, -0.2) is 41.5 Å². The third kappa shape index (κ3) is 3.28. The van der Waals surface area contributed by atoms with Crippen LogP contribution in [0.25, 0.3) is 22.7 Å². The molecule has 5 heterocycles. The Kier molecular flexibility index (Phi) is 4.75. The molecule has 1 aliphatic heterocycles. The van der Waals surface area contributed by atoms with Gasteiger partial charge in [0.1, 0.15) is 12.1 Å². The number of rotatable bonds is 4. The van der Waals surface area contributed by atoms with Gasteiger partial charge in [-0.15, -0.1) is 5.10 Å². The molecule has 0 bridgehead atoms. The fraction of sp³-hybridized carbons (Fsp3) is 0.107. The second-order valence-corrected chi connectivity index (χ2v) is 8.74. The molecule has 180 valence electrons. The van der Waals surface area contributed by atoms with Crippen molar-refractivity contribution in [2.75, 3.05) is 7.11 Å². The first-order valence-corrected chi connectivity index (χ1v) is 11.8. The number of benzene rings is 2. The Morgan fingerprint density at radius 3 is 2.57 bits per heavy atom. The fourth-order valence-electron chi connectivity index (χ4n) is 4.96. The van der Waals surface area contributed by atoms with Gasteiger partial charge in [-0.2, -0.15) is 5.10 Å². The summed E-state index contributed by atoms with van der Waals surface area (Å²) in [5, 5.41) is 9.57. The van der Waals surface area contributed by atoms with Gasteiger partial charge in [-0.05, 0) is 37.3 Å². The van der Waals surface area contributed by atoms with E-state index in [-0.39, 0.29) is 5.92 Å². The van der Waals surface area contributed by atoms with E-state index in [2.05, 4.69) is 21.1 Å². The summed E-state index contributed by atoms with van der Waals surface area (Å²) in [4.78, 5) is 13.8. The number of para-hydroxylation sites is 2. The van der Waals surface area contributed by atoms with Crippen molar-refractivity contribution in [1.29, 1.82) is 0 Å². The number of hydrogen-bond donors (Lipinski definition) is 0. The molecule has 0 amide bonds. The molecule has 0 saturated heterocycles. The van der Waals surface area contributed by atoms with Gasteiger partial charge in [0, 0.05) is 23.5 Å². The van der Waals surface area contributed by atoms with Crippen LogP contribution in [0.3, 0.4) is 0 Å². The molecule has 1 aliphatic rings. The van der Waals surface area contributed by atoms with E-state index in [0.717, 1.165) is 39.4 Å². The van der Waals surface area contributed by atoms with E-state index in [1.54, 1.807) is 30.3 Å². The molecule has 9 heteroatoms. The van der Waals surface area contributed by atoms with E-state index < -0.39 is 0 Å². The lowest BCUT2D eigenvalue weighted by Gasteiger charge is -2.27. The van der Waals surface area contributed by atoms with E-state index in [9.17, 15) is 0 Å². The topological polar surface area (TPSA) is 92.2 Å². The zero-order chi connectivity index (χ0) is 24.9. The Morgan fingerprint density at radius 1 is 0.919 bits per heavy atom. The highest BCUT2D eigenvalue weighted by Crippen LogP contribution is 2.51. The smallest absolute Gasteiger partial charge is 0.230 e. The normalized spacial score (nSPS) is 14.2. The molecular weight excluding hydrogens is 466 g/mol. The second-order valence-electron chi connectivity index (χ2n) is 8.74. The van der Waals surface area contributed by atoms with Crippen LogP contribution in [-0.2, 0) is 0 Å². The van der Waals surface area contributed by atoms with Gasteiger partial charge in [0.25, 0.3) is 0 Å². The van der Waals surface area contributed by atoms with E-state index in [0.29, 0.717) is 23.2 Å². The molecule has 0 aliphatic carbocycles. The van der Waals surface area contributed by atoms with Gasteiger partial charge < -0.3 is 9.47 Å². The summed E-state index contributed by atoms with van der Waals surface area (Å²) in [7, 11) is 1.68. The Labute approximate surface area is 212 Å². The van der Waals surface area contributed by atoms with E-state index >= 15 is 0 Å². The summed E-state index contributed by atoms with van der Waals surface area (Å²) in [6, 6.07) is 21.7. The molecule has 0 N–H and O–H groups in total. The first kappa shape index (κ1) is 21.3. The van der Waals surface area contributed by atoms with Crippen molar-refractivity contribution in [2.45, 2.75) is 12.8 Å². The van der Waals surface area contributed by atoms with Crippen LogP contribution in [0.4, 0.5) is 0 Å². The van der Waals surface area contributed by atoms with Crippen molar-refractivity contribution >= 4 is 5.65 Å². The Bertz CT molecular complexity index is 1760. The highest BCUT2D eigenvalue weighted by molar-refractivity contribution is 5.69. The van der Waals surface area contributed by atoms with E-state index in [4.69, 9.17) is 19.6 Å². The molecule has 37 heavy (non-hydrogen) atoms. The maximum atomic E-state index is 6.49. The lowest BCUT2D eigenvalue weighted by Crippen LogP contribution is -2.16. The Morgan fingerprint density at radius 2 is 1.76 bits per heavy atom. The molecule has 0 fully saturated rings. The first-order valence-electron chi connectivity index (χ1n) is 11.8. The predicted octanol–water partition coefficient (Wildman–Crippen LogP) is 4.97. The van der Waals surface area contributed by atoms with Gasteiger partial charge in [-0.3, -0.25) is 4.98 Å². The molecule has 2 aromatic carbocycles. The molecule has 1 atom stereocenters. The highest BCUT2D eigenvalue weighted by atomic mass is 16.5. The van der Waals surface area contributed by atoms with Gasteiger partial charge in [0.15, 0.2) is 11.5 Å². The van der Waals surface area contributed by atoms with Crippen molar-refractivity contribution in [1.82, 2.24) is 34.3 Å². The number of hydrogen-bond acceptors (Lipinski definition) is 7. The summed E-state index contributed by atoms with van der Waals surface area (Å²) in [6.45, 7) is 1.99. The summed E-state index contributed by atoms with van der Waals surface area (Å²) >= 11 is 0. The van der Waals surface area contributed by atoms with Gasteiger partial charge >= 0.3 is 0 Å². The van der Waals surface area contributed by atoms with Gasteiger partial charge in [0.2, 0.25) is 11.8 Å². The number of aromatic nitrogens is 7. The number of aryl methyl sites for hydroxylation is 1. The van der Waals surface area contributed by atoms with Crippen molar-refractivity contribution in [3.63, 3.8) is 0 Å². The number of pyridine rings is 1. The van der Waals surface area contributed by atoms with Crippen LogP contribution in [0.15, 0.2) is 85.5 Å². The summed E-state index contributed by atoms with van der Waals surface area (Å²) in [6.07, 6.45) is 5.10. The number of methoxy groups -OCH3 is 1. The molecule has 0 radical (unpaired) electrons. The number of nitrogens with zero attached hydrogens (tertiary/aromatic N) is 7. The van der Waals surface area contributed by atoms with Crippen LogP contribution in [0.2, 0.25) is 0 Å². The van der Waals surface area contributed by atoms with E-state index in [1.165, 1.54) is 0 Å². The minimum atomic E-state index is -0.297. The first-order chi connectivity index (χ1) is 18.2. The molecule has 6 aromatic rings. The molecule has 7 rings (SSSR count). The largest absolute Gasteiger partial charge is 0.496 e. The average molecular weight is 488 g/mol. The molecule has 0 spiro atoms. The predicted molar refractivity (Wildman–Crippen MR) is 136 cm³/mol. The molecule has 9 nitrogen and oxygen atoms in total. The van der Waals surface area contributed by atoms with Gasteiger partial charge in [0.05, 0.1) is 35.5 Å². The zero-order valence-corrected chi connectivity index (χ0v) is 20.1. The summed E-state index contributed by atoms with van der Waals surface area (Å²) in [5.74, 6) is 2.10. The van der Waals surface area contributed by atoms with Gasteiger partial charge in [-0.1, -0.05) is 36.4 Å². The molecular formula is C28H21N7O2. The lowest BCUT2D eigenvalue weighted by atomic mass is 9.84. The van der Waals surface area contributed by atoms with Crippen LogP contribution >= 0.6 is 0 Å². The van der Waals surface area contributed by atoms with Crippen molar-refractivity contribution in [3.8, 4) is 34.6 Å². The van der Waals surface area contributed by atoms with Crippen LogP contribution < -0.4 is 9.47 Å². The van der Waals surface area contributed by atoms with Crippen LogP contribution in [0, 0.1) is 6.92 Å². The average Bonchev–Trinajstić information content (AvgIpc) is 3.54. The number of fused-ring (bicyclic) bond motifs is 4. The third-order valence-electron chi connectivity index (χ3n) is 6.59.